The third-order valence-corrected chi connectivity index (χ3v) is 3.97. The second kappa shape index (κ2) is 8.15. The molecule has 0 bridgehead atoms. The van der Waals surface area contributed by atoms with E-state index in [1.807, 2.05) is 12.1 Å². The number of ether oxygens (including phenoxy) is 1. The molecule has 0 fully saturated rings. The normalized spacial score (nSPS) is 11.0. The predicted molar refractivity (Wildman–Crippen MR) is 81.0 cm³/mol. The van der Waals surface area contributed by atoms with E-state index in [0.29, 0.717) is 6.61 Å². The van der Waals surface area contributed by atoms with Gasteiger partial charge in [-0.25, -0.2) is 0 Å². The SMILES string of the molecule is CCN(CC)CCOc1c(Br)cc(CO)cc1Br. The van der Waals surface area contributed by atoms with Crippen LogP contribution >= 0.6 is 31.9 Å². The summed E-state index contributed by atoms with van der Waals surface area (Å²) in [5.74, 6) is 0.791. The zero-order valence-corrected chi connectivity index (χ0v) is 13.9. The standard InChI is InChI=1S/C13H19Br2NO2/c1-3-16(4-2)5-6-18-13-11(14)7-10(9-17)8-12(13)15/h7-8,17H,3-6,9H2,1-2H3. The molecule has 0 aromatic heterocycles. The van der Waals surface area contributed by atoms with Gasteiger partial charge in [0.2, 0.25) is 0 Å². The zero-order valence-electron chi connectivity index (χ0n) is 10.7. The van der Waals surface area contributed by atoms with Crippen LogP contribution in [0.25, 0.3) is 0 Å². The summed E-state index contributed by atoms with van der Waals surface area (Å²) < 4.78 is 7.51. The Bertz CT molecular complexity index is 358. The molecular formula is C13H19Br2NO2. The molecule has 0 aliphatic carbocycles. The van der Waals surface area contributed by atoms with Crippen molar-refractivity contribution >= 4 is 31.9 Å². The number of hydrogen-bond donors (Lipinski definition) is 1. The lowest BCUT2D eigenvalue weighted by molar-refractivity contribution is 0.221. The molecule has 102 valence electrons. The van der Waals surface area contributed by atoms with Crippen molar-refractivity contribution in [2.45, 2.75) is 20.5 Å². The van der Waals surface area contributed by atoms with Gasteiger partial charge in [0.1, 0.15) is 12.4 Å². The van der Waals surface area contributed by atoms with Gasteiger partial charge >= 0.3 is 0 Å². The lowest BCUT2D eigenvalue weighted by atomic mass is 10.2. The molecule has 0 saturated heterocycles. The number of aliphatic hydroxyl groups excluding tert-OH is 1. The van der Waals surface area contributed by atoms with Gasteiger partial charge in [-0.05, 0) is 62.6 Å². The number of rotatable bonds is 7. The first-order valence-electron chi connectivity index (χ1n) is 6.06. The second-order valence-corrected chi connectivity index (χ2v) is 5.63. The van der Waals surface area contributed by atoms with Crippen LogP contribution in [-0.4, -0.2) is 36.2 Å². The van der Waals surface area contributed by atoms with E-state index in [0.717, 1.165) is 39.9 Å². The number of benzene rings is 1. The first-order valence-corrected chi connectivity index (χ1v) is 7.64. The largest absolute Gasteiger partial charge is 0.490 e. The van der Waals surface area contributed by atoms with E-state index in [-0.39, 0.29) is 6.61 Å². The highest BCUT2D eigenvalue weighted by molar-refractivity contribution is 9.11. The molecule has 1 N–H and O–H groups in total. The number of nitrogens with zero attached hydrogens (tertiary/aromatic N) is 1. The minimum Gasteiger partial charge on any atom is -0.490 e. The fourth-order valence-corrected chi connectivity index (χ4v) is 3.17. The predicted octanol–water partition coefficient (Wildman–Crippen LogP) is 3.42. The van der Waals surface area contributed by atoms with Gasteiger partial charge in [0.15, 0.2) is 0 Å². The fourth-order valence-electron chi connectivity index (χ4n) is 1.66. The van der Waals surface area contributed by atoms with Crippen molar-refractivity contribution in [1.82, 2.24) is 4.90 Å². The molecule has 0 aliphatic heterocycles. The van der Waals surface area contributed by atoms with Crippen molar-refractivity contribution in [2.24, 2.45) is 0 Å². The lowest BCUT2D eigenvalue weighted by Crippen LogP contribution is -2.28. The van der Waals surface area contributed by atoms with Crippen LogP contribution in [0.4, 0.5) is 0 Å². The van der Waals surface area contributed by atoms with Crippen molar-refractivity contribution < 1.29 is 9.84 Å². The first kappa shape index (κ1) is 16.0. The van der Waals surface area contributed by atoms with Gasteiger partial charge in [-0.1, -0.05) is 13.8 Å². The second-order valence-electron chi connectivity index (χ2n) is 3.92. The summed E-state index contributed by atoms with van der Waals surface area (Å²) in [6, 6.07) is 3.75. The summed E-state index contributed by atoms with van der Waals surface area (Å²) in [5.41, 5.74) is 0.852. The van der Waals surface area contributed by atoms with Gasteiger partial charge in [0.05, 0.1) is 15.6 Å². The molecule has 0 saturated carbocycles. The van der Waals surface area contributed by atoms with Crippen LogP contribution in [0.15, 0.2) is 21.1 Å². The van der Waals surface area contributed by atoms with Gasteiger partial charge in [0, 0.05) is 6.54 Å². The van der Waals surface area contributed by atoms with Crippen LogP contribution in [-0.2, 0) is 6.61 Å². The lowest BCUT2D eigenvalue weighted by Gasteiger charge is -2.19. The number of halogens is 2. The summed E-state index contributed by atoms with van der Waals surface area (Å²) in [5, 5.41) is 9.10. The van der Waals surface area contributed by atoms with Crippen molar-refractivity contribution in [2.75, 3.05) is 26.2 Å². The molecule has 18 heavy (non-hydrogen) atoms. The Morgan fingerprint density at radius 3 is 2.17 bits per heavy atom. The monoisotopic (exact) mass is 379 g/mol. The molecule has 0 aliphatic rings. The quantitative estimate of drug-likeness (QED) is 0.786. The van der Waals surface area contributed by atoms with Crippen LogP contribution in [0.1, 0.15) is 19.4 Å². The zero-order chi connectivity index (χ0) is 13.5. The molecule has 1 rings (SSSR count). The van der Waals surface area contributed by atoms with E-state index in [9.17, 15) is 0 Å². The molecule has 0 atom stereocenters. The molecule has 0 radical (unpaired) electrons. The van der Waals surface area contributed by atoms with Crippen LogP contribution in [0, 0.1) is 0 Å². The van der Waals surface area contributed by atoms with Crippen molar-refractivity contribution in [1.29, 1.82) is 0 Å². The topological polar surface area (TPSA) is 32.7 Å². The molecular weight excluding hydrogens is 362 g/mol. The Labute approximate surface area is 125 Å². The van der Waals surface area contributed by atoms with Gasteiger partial charge in [-0.15, -0.1) is 0 Å². The van der Waals surface area contributed by atoms with Crippen LogP contribution in [0.3, 0.4) is 0 Å². The van der Waals surface area contributed by atoms with E-state index < -0.39 is 0 Å². The van der Waals surface area contributed by atoms with Crippen molar-refractivity contribution in [3.63, 3.8) is 0 Å². The van der Waals surface area contributed by atoms with Crippen LogP contribution in [0.2, 0.25) is 0 Å². The van der Waals surface area contributed by atoms with Gasteiger partial charge < -0.3 is 14.7 Å². The first-order chi connectivity index (χ1) is 8.62. The maximum atomic E-state index is 9.10. The Morgan fingerprint density at radius 1 is 1.17 bits per heavy atom. The Kier molecular flexibility index (Phi) is 7.22. The minimum absolute atomic E-state index is 0.0247. The fraction of sp³-hybridized carbons (Fsp3) is 0.538. The summed E-state index contributed by atoms with van der Waals surface area (Å²) in [4.78, 5) is 2.31. The molecule has 1 aromatic carbocycles. The molecule has 1 aromatic rings. The van der Waals surface area contributed by atoms with Crippen molar-refractivity contribution in [3.05, 3.63) is 26.6 Å². The molecule has 0 unspecified atom stereocenters. The van der Waals surface area contributed by atoms with Crippen molar-refractivity contribution in [3.8, 4) is 5.75 Å². The molecule has 0 heterocycles. The Hall–Kier alpha value is -0.100. The van der Waals surface area contributed by atoms with Gasteiger partial charge in [0.25, 0.3) is 0 Å². The van der Waals surface area contributed by atoms with Gasteiger partial charge in [-0.3, -0.25) is 0 Å². The number of likely N-dealkylation sites (N-methyl/N-ethyl adjacent to an activating group) is 1. The molecule has 3 nitrogen and oxygen atoms in total. The summed E-state index contributed by atoms with van der Waals surface area (Å²) >= 11 is 6.92. The Morgan fingerprint density at radius 2 is 1.72 bits per heavy atom. The smallest absolute Gasteiger partial charge is 0.147 e. The minimum atomic E-state index is 0.0247. The van der Waals surface area contributed by atoms with E-state index >= 15 is 0 Å². The average molecular weight is 381 g/mol. The third-order valence-electron chi connectivity index (χ3n) is 2.79. The number of aliphatic hydroxyl groups is 1. The van der Waals surface area contributed by atoms with Gasteiger partial charge in [-0.2, -0.15) is 0 Å². The highest BCUT2D eigenvalue weighted by Crippen LogP contribution is 2.34. The third kappa shape index (κ3) is 4.53. The van der Waals surface area contributed by atoms with Crippen LogP contribution in [0.5, 0.6) is 5.75 Å². The highest BCUT2D eigenvalue weighted by Gasteiger charge is 2.09. The highest BCUT2D eigenvalue weighted by atomic mass is 79.9. The van der Waals surface area contributed by atoms with Crippen LogP contribution < -0.4 is 4.74 Å². The maximum Gasteiger partial charge on any atom is 0.147 e. The summed E-state index contributed by atoms with van der Waals surface area (Å²) in [7, 11) is 0. The molecule has 0 amide bonds. The summed E-state index contributed by atoms with van der Waals surface area (Å²) in [6.07, 6.45) is 0. The van der Waals surface area contributed by atoms with E-state index in [1.54, 1.807) is 0 Å². The molecule has 0 spiro atoms. The number of hydrogen-bond acceptors (Lipinski definition) is 3. The summed E-state index contributed by atoms with van der Waals surface area (Å²) in [6.45, 7) is 7.94. The van der Waals surface area contributed by atoms with E-state index in [1.165, 1.54) is 0 Å². The maximum absolute atomic E-state index is 9.10. The average Bonchev–Trinajstić information content (AvgIpc) is 2.37. The van der Waals surface area contributed by atoms with E-state index in [4.69, 9.17) is 9.84 Å². The Balaban J connectivity index is 2.62. The molecule has 5 heteroatoms. The van der Waals surface area contributed by atoms with E-state index in [2.05, 4.69) is 50.6 Å².